The van der Waals surface area contributed by atoms with E-state index in [2.05, 4.69) is 5.32 Å². The molecule has 0 saturated heterocycles. The molecule has 0 aromatic heterocycles. The first kappa shape index (κ1) is 17.3. The number of benzene rings is 1. The van der Waals surface area contributed by atoms with Crippen LogP contribution >= 0.6 is 0 Å². The Hall–Kier alpha value is -1.75. The second-order valence-electron chi connectivity index (χ2n) is 5.96. The van der Waals surface area contributed by atoms with Gasteiger partial charge in [0.1, 0.15) is 11.5 Å². The summed E-state index contributed by atoms with van der Waals surface area (Å²) in [5.41, 5.74) is 0.390. The molecule has 1 aromatic carbocycles. The molecule has 0 spiro atoms. The lowest BCUT2D eigenvalue weighted by Gasteiger charge is -2.21. The van der Waals surface area contributed by atoms with Gasteiger partial charge in [0.25, 0.3) is 0 Å². The van der Waals surface area contributed by atoms with Gasteiger partial charge in [-0.25, -0.2) is 0 Å². The van der Waals surface area contributed by atoms with Crippen molar-refractivity contribution in [2.45, 2.75) is 45.3 Å². The smallest absolute Gasteiger partial charge is 0.220 e. The number of carbonyl (C=O) groups is 1. The Morgan fingerprint density at radius 2 is 1.95 bits per heavy atom. The van der Waals surface area contributed by atoms with Crippen LogP contribution in [-0.4, -0.2) is 30.8 Å². The Morgan fingerprint density at radius 3 is 2.48 bits per heavy atom. The highest BCUT2D eigenvalue weighted by molar-refractivity contribution is 5.76. The molecular weight excluding hydrogens is 270 g/mol. The summed E-state index contributed by atoms with van der Waals surface area (Å²) in [7, 11) is 3.11. The van der Waals surface area contributed by atoms with E-state index in [4.69, 9.17) is 9.47 Å². The summed E-state index contributed by atoms with van der Waals surface area (Å²) >= 11 is 0. The van der Waals surface area contributed by atoms with Crippen LogP contribution in [0.5, 0.6) is 11.5 Å². The zero-order chi connectivity index (χ0) is 16.0. The third-order valence-electron chi connectivity index (χ3n) is 2.96. The van der Waals surface area contributed by atoms with Crippen LogP contribution in [0.15, 0.2) is 18.2 Å². The minimum atomic E-state index is -0.753. The van der Waals surface area contributed by atoms with Gasteiger partial charge in [-0.15, -0.1) is 0 Å². The highest BCUT2D eigenvalue weighted by atomic mass is 16.5. The first-order valence-electron chi connectivity index (χ1n) is 6.98. The Kier molecular flexibility index (Phi) is 6.03. The summed E-state index contributed by atoms with van der Waals surface area (Å²) in [5, 5.41) is 13.1. The quantitative estimate of drug-likeness (QED) is 0.846. The lowest BCUT2D eigenvalue weighted by atomic mass is 10.0. The number of carbonyl (C=O) groups excluding carboxylic acids is 1. The average Bonchev–Trinajstić information content (AvgIpc) is 2.42. The maximum Gasteiger partial charge on any atom is 0.220 e. The molecule has 118 valence electrons. The molecule has 1 amide bonds. The zero-order valence-electron chi connectivity index (χ0n) is 13.4. The van der Waals surface area contributed by atoms with Gasteiger partial charge >= 0.3 is 0 Å². The van der Waals surface area contributed by atoms with Crippen molar-refractivity contribution in [1.82, 2.24) is 5.32 Å². The highest BCUT2D eigenvalue weighted by Crippen LogP contribution is 2.31. The minimum absolute atomic E-state index is 0.0750. The number of aliphatic hydroxyl groups is 1. The van der Waals surface area contributed by atoms with Crippen molar-refractivity contribution in [2.24, 2.45) is 0 Å². The summed E-state index contributed by atoms with van der Waals surface area (Å²) in [4.78, 5) is 11.8. The number of aliphatic hydroxyl groups excluding tert-OH is 1. The minimum Gasteiger partial charge on any atom is -0.497 e. The number of hydrogen-bond donors (Lipinski definition) is 2. The van der Waals surface area contributed by atoms with Gasteiger partial charge in [0, 0.05) is 23.6 Å². The Balaban J connectivity index is 2.67. The molecule has 0 saturated carbocycles. The van der Waals surface area contributed by atoms with Crippen LogP contribution in [-0.2, 0) is 4.79 Å². The Morgan fingerprint density at radius 1 is 1.29 bits per heavy atom. The molecular formula is C16H25NO4. The first-order chi connectivity index (χ1) is 9.76. The normalized spacial score (nSPS) is 12.7. The Labute approximate surface area is 126 Å². The number of methoxy groups -OCH3 is 2. The second kappa shape index (κ2) is 7.31. The first-order valence-corrected chi connectivity index (χ1v) is 6.98. The highest BCUT2D eigenvalue weighted by Gasteiger charge is 2.18. The van der Waals surface area contributed by atoms with Gasteiger partial charge in [0.15, 0.2) is 0 Å². The van der Waals surface area contributed by atoms with Crippen LogP contribution in [0.4, 0.5) is 0 Å². The third kappa shape index (κ3) is 5.63. The van der Waals surface area contributed by atoms with Crippen molar-refractivity contribution < 1.29 is 19.4 Å². The molecule has 0 aliphatic heterocycles. The molecule has 0 aliphatic rings. The molecule has 0 aliphatic carbocycles. The third-order valence-corrected chi connectivity index (χ3v) is 2.96. The molecule has 1 rings (SSSR count). The lowest BCUT2D eigenvalue weighted by molar-refractivity contribution is -0.123. The summed E-state index contributed by atoms with van der Waals surface area (Å²) in [6.45, 7) is 5.77. The van der Waals surface area contributed by atoms with Crippen molar-refractivity contribution >= 4 is 5.91 Å². The molecule has 2 N–H and O–H groups in total. The van der Waals surface area contributed by atoms with Gasteiger partial charge < -0.3 is 19.9 Å². The zero-order valence-corrected chi connectivity index (χ0v) is 13.4. The van der Waals surface area contributed by atoms with Gasteiger partial charge in [-0.1, -0.05) is 0 Å². The van der Waals surface area contributed by atoms with Crippen molar-refractivity contribution in [3.8, 4) is 11.5 Å². The van der Waals surface area contributed by atoms with Crippen molar-refractivity contribution in [1.29, 1.82) is 0 Å². The molecule has 21 heavy (non-hydrogen) atoms. The van der Waals surface area contributed by atoms with E-state index in [1.807, 2.05) is 20.8 Å². The standard InChI is InChI=1S/C16H25NO4/c1-16(2,3)17-15(19)9-8-13(18)12-7-6-11(20-4)10-14(12)21-5/h6-7,10,13,18H,8-9H2,1-5H3,(H,17,19). The number of ether oxygens (including phenoxy) is 2. The topological polar surface area (TPSA) is 67.8 Å². The van der Waals surface area contributed by atoms with E-state index in [0.29, 0.717) is 23.5 Å². The fraction of sp³-hybridized carbons (Fsp3) is 0.562. The van der Waals surface area contributed by atoms with Gasteiger partial charge in [0.05, 0.1) is 20.3 Å². The fourth-order valence-electron chi connectivity index (χ4n) is 2.00. The van der Waals surface area contributed by atoms with Crippen molar-refractivity contribution in [3.05, 3.63) is 23.8 Å². The van der Waals surface area contributed by atoms with Crippen molar-refractivity contribution in [2.75, 3.05) is 14.2 Å². The van der Waals surface area contributed by atoms with Crippen LogP contribution in [0.25, 0.3) is 0 Å². The summed E-state index contributed by atoms with van der Waals surface area (Å²) in [6.07, 6.45) is -0.158. The Bertz CT molecular complexity index is 480. The predicted molar refractivity (Wildman–Crippen MR) is 81.6 cm³/mol. The van der Waals surface area contributed by atoms with E-state index in [1.54, 1.807) is 25.3 Å². The van der Waals surface area contributed by atoms with E-state index >= 15 is 0 Å². The number of amides is 1. The van der Waals surface area contributed by atoms with Gasteiger partial charge in [-0.3, -0.25) is 4.79 Å². The van der Waals surface area contributed by atoms with Crippen LogP contribution in [0, 0.1) is 0 Å². The van der Waals surface area contributed by atoms with Crippen LogP contribution in [0.3, 0.4) is 0 Å². The van der Waals surface area contributed by atoms with E-state index in [1.165, 1.54) is 7.11 Å². The molecule has 1 aromatic rings. The van der Waals surface area contributed by atoms with E-state index in [9.17, 15) is 9.90 Å². The SMILES string of the molecule is COc1ccc(C(O)CCC(=O)NC(C)(C)C)c(OC)c1. The molecule has 5 nitrogen and oxygen atoms in total. The van der Waals surface area contributed by atoms with Crippen LogP contribution in [0.1, 0.15) is 45.3 Å². The second-order valence-corrected chi connectivity index (χ2v) is 5.96. The lowest BCUT2D eigenvalue weighted by Crippen LogP contribution is -2.40. The summed E-state index contributed by atoms with van der Waals surface area (Å²) < 4.78 is 10.4. The van der Waals surface area contributed by atoms with E-state index in [-0.39, 0.29) is 17.9 Å². The number of rotatable bonds is 6. The monoisotopic (exact) mass is 295 g/mol. The molecule has 0 heterocycles. The van der Waals surface area contributed by atoms with E-state index in [0.717, 1.165) is 0 Å². The maximum atomic E-state index is 11.8. The van der Waals surface area contributed by atoms with Gasteiger partial charge in [-0.2, -0.15) is 0 Å². The maximum absolute atomic E-state index is 11.8. The number of hydrogen-bond acceptors (Lipinski definition) is 4. The van der Waals surface area contributed by atoms with Gasteiger partial charge in [0.2, 0.25) is 5.91 Å². The van der Waals surface area contributed by atoms with Gasteiger partial charge in [-0.05, 0) is 39.3 Å². The summed E-state index contributed by atoms with van der Waals surface area (Å²) in [5.74, 6) is 1.14. The molecule has 0 bridgehead atoms. The largest absolute Gasteiger partial charge is 0.497 e. The predicted octanol–water partition coefficient (Wildman–Crippen LogP) is 2.43. The van der Waals surface area contributed by atoms with Crippen molar-refractivity contribution in [3.63, 3.8) is 0 Å². The van der Waals surface area contributed by atoms with Crippen LogP contribution < -0.4 is 14.8 Å². The molecule has 0 radical (unpaired) electrons. The number of nitrogens with one attached hydrogen (secondary N) is 1. The molecule has 5 heteroatoms. The average molecular weight is 295 g/mol. The summed E-state index contributed by atoms with van der Waals surface area (Å²) in [6, 6.07) is 5.23. The van der Waals surface area contributed by atoms with E-state index < -0.39 is 6.10 Å². The van der Waals surface area contributed by atoms with Crippen LogP contribution in [0.2, 0.25) is 0 Å². The fourth-order valence-corrected chi connectivity index (χ4v) is 2.00. The molecule has 1 unspecified atom stereocenters. The molecule has 1 atom stereocenters. The molecule has 0 fully saturated rings.